The van der Waals surface area contributed by atoms with Gasteiger partial charge in [0, 0.05) is 30.4 Å². The molecule has 0 fully saturated rings. The van der Waals surface area contributed by atoms with Gasteiger partial charge in [0.25, 0.3) is 5.56 Å². The van der Waals surface area contributed by atoms with Crippen LogP contribution in [0.25, 0.3) is 21.9 Å². The van der Waals surface area contributed by atoms with E-state index < -0.39 is 0 Å². The number of likely N-dealkylation sites (N-methyl/N-ethyl adjacent to an activating group) is 1. The number of aromatic nitrogens is 4. The summed E-state index contributed by atoms with van der Waals surface area (Å²) in [5.41, 5.74) is 6.01. The fourth-order valence-corrected chi connectivity index (χ4v) is 5.74. The molecule has 1 amide bonds. The zero-order valence-electron chi connectivity index (χ0n) is 24.1. The van der Waals surface area contributed by atoms with Crippen molar-refractivity contribution in [1.82, 2.24) is 24.1 Å². The molecule has 0 saturated heterocycles. The van der Waals surface area contributed by atoms with Crippen molar-refractivity contribution >= 4 is 22.2 Å². The minimum absolute atomic E-state index is 0.0845. The number of hydrogen-bond donors (Lipinski definition) is 0. The predicted molar refractivity (Wildman–Crippen MR) is 161 cm³/mol. The van der Waals surface area contributed by atoms with Crippen LogP contribution in [0.1, 0.15) is 28.2 Å². The van der Waals surface area contributed by atoms with E-state index in [9.17, 15) is 9.59 Å². The van der Waals surface area contributed by atoms with E-state index in [2.05, 4.69) is 0 Å². The predicted octanol–water partition coefficient (Wildman–Crippen LogP) is 4.79. The van der Waals surface area contributed by atoms with Crippen LogP contribution in [-0.4, -0.2) is 57.8 Å². The summed E-state index contributed by atoms with van der Waals surface area (Å²) in [7, 11) is 4.97. The maximum atomic E-state index is 13.8. The summed E-state index contributed by atoms with van der Waals surface area (Å²) in [6.07, 6.45) is 0.740. The van der Waals surface area contributed by atoms with Gasteiger partial charge < -0.3 is 14.4 Å². The van der Waals surface area contributed by atoms with Gasteiger partial charge in [-0.1, -0.05) is 23.8 Å². The molecule has 9 nitrogen and oxygen atoms in total. The number of aryl methyl sites for hydroxylation is 3. The molecule has 3 aromatic heterocycles. The van der Waals surface area contributed by atoms with E-state index in [1.807, 2.05) is 79.4 Å². The number of ether oxygens (including phenoxy) is 2. The van der Waals surface area contributed by atoms with Crippen LogP contribution in [0.3, 0.4) is 0 Å². The molecular formula is C31H33N5O4S. The summed E-state index contributed by atoms with van der Waals surface area (Å²) < 4.78 is 14.1. The number of fused-ring (bicyclic) bond motifs is 1. The third kappa shape index (κ3) is 5.60. The molecule has 0 aliphatic rings. The van der Waals surface area contributed by atoms with Gasteiger partial charge >= 0.3 is 0 Å². The van der Waals surface area contributed by atoms with E-state index in [-0.39, 0.29) is 17.9 Å². The van der Waals surface area contributed by atoms with E-state index >= 15 is 0 Å². The number of nitrogens with zero attached hydrogens (tertiary/aromatic N) is 5. The first-order valence-electron chi connectivity index (χ1n) is 13.3. The number of amides is 1. The first-order valence-corrected chi connectivity index (χ1v) is 14.2. The highest BCUT2D eigenvalue weighted by Gasteiger charge is 2.21. The molecule has 0 radical (unpaired) electrons. The van der Waals surface area contributed by atoms with Gasteiger partial charge in [0.15, 0.2) is 16.5 Å². The van der Waals surface area contributed by atoms with Crippen LogP contribution in [0.15, 0.2) is 58.7 Å². The summed E-state index contributed by atoms with van der Waals surface area (Å²) in [6.45, 7) is 6.34. The Balaban J connectivity index is 1.38. The van der Waals surface area contributed by atoms with Crippen LogP contribution in [0.4, 0.5) is 0 Å². The molecule has 5 rings (SSSR count). The van der Waals surface area contributed by atoms with Crippen molar-refractivity contribution in [3.05, 3.63) is 92.5 Å². The van der Waals surface area contributed by atoms with Crippen molar-refractivity contribution < 1.29 is 14.3 Å². The van der Waals surface area contributed by atoms with Gasteiger partial charge in [0.2, 0.25) is 5.91 Å². The van der Waals surface area contributed by atoms with E-state index in [1.165, 1.54) is 11.3 Å². The summed E-state index contributed by atoms with van der Waals surface area (Å²) in [6, 6.07) is 15.7. The monoisotopic (exact) mass is 571 g/mol. The number of hydrogen-bond acceptors (Lipinski definition) is 7. The summed E-state index contributed by atoms with van der Waals surface area (Å²) in [5.74, 6) is 1.23. The minimum Gasteiger partial charge on any atom is -0.493 e. The quantitative estimate of drug-likeness (QED) is 0.253. The van der Waals surface area contributed by atoms with Crippen molar-refractivity contribution in [3.8, 4) is 28.4 Å². The van der Waals surface area contributed by atoms with Gasteiger partial charge in [-0.2, -0.15) is 5.10 Å². The second-order valence-corrected chi connectivity index (χ2v) is 10.9. The third-order valence-corrected chi connectivity index (χ3v) is 8.06. The van der Waals surface area contributed by atoms with Gasteiger partial charge in [0.1, 0.15) is 5.69 Å². The van der Waals surface area contributed by atoms with E-state index in [1.54, 1.807) is 30.6 Å². The minimum atomic E-state index is -0.224. The molecule has 2 aromatic carbocycles. The molecule has 41 heavy (non-hydrogen) atoms. The van der Waals surface area contributed by atoms with Crippen LogP contribution in [0.2, 0.25) is 0 Å². The van der Waals surface area contributed by atoms with Gasteiger partial charge in [-0.15, -0.1) is 11.3 Å². The molecule has 3 heterocycles. The van der Waals surface area contributed by atoms with Crippen molar-refractivity contribution in [2.24, 2.45) is 0 Å². The molecule has 0 bridgehead atoms. The summed E-state index contributed by atoms with van der Waals surface area (Å²) in [4.78, 5) is 34.0. The van der Waals surface area contributed by atoms with Crippen LogP contribution in [-0.2, 0) is 17.6 Å². The topological polar surface area (TPSA) is 91.0 Å². The second-order valence-electron chi connectivity index (χ2n) is 10.1. The molecule has 0 spiro atoms. The molecule has 0 unspecified atom stereocenters. The average Bonchev–Trinajstić information content (AvgIpc) is 3.54. The number of methoxy groups -OCH3 is 2. The largest absolute Gasteiger partial charge is 0.493 e. The van der Waals surface area contributed by atoms with Crippen molar-refractivity contribution in [2.75, 3.05) is 27.8 Å². The molecule has 0 atom stereocenters. The first-order chi connectivity index (χ1) is 19.7. The van der Waals surface area contributed by atoms with Gasteiger partial charge in [0.05, 0.1) is 37.6 Å². The fourth-order valence-electron chi connectivity index (χ4n) is 4.82. The van der Waals surface area contributed by atoms with E-state index in [0.29, 0.717) is 52.1 Å². The van der Waals surface area contributed by atoms with Crippen molar-refractivity contribution in [2.45, 2.75) is 33.6 Å². The van der Waals surface area contributed by atoms with Crippen LogP contribution < -0.4 is 15.0 Å². The lowest BCUT2D eigenvalue weighted by Gasteiger charge is -2.18. The Kier molecular flexibility index (Phi) is 7.94. The molecule has 0 N–H and O–H groups in total. The number of carbonyl (C=O) groups excluding carboxylic acids is 1. The Morgan fingerprint density at radius 3 is 2.44 bits per heavy atom. The number of rotatable bonds is 9. The molecule has 212 valence electrons. The summed E-state index contributed by atoms with van der Waals surface area (Å²) >= 11 is 1.35. The van der Waals surface area contributed by atoms with Crippen LogP contribution >= 0.6 is 11.3 Å². The maximum absolute atomic E-state index is 13.8. The second kappa shape index (κ2) is 11.6. The van der Waals surface area contributed by atoms with Gasteiger partial charge in [-0.3, -0.25) is 14.0 Å². The highest BCUT2D eigenvalue weighted by atomic mass is 32.1. The fraction of sp³-hybridized carbons (Fsp3) is 0.290. The third-order valence-electron chi connectivity index (χ3n) is 7.19. The lowest BCUT2D eigenvalue weighted by atomic mass is 10.1. The molecule has 0 aliphatic carbocycles. The molecule has 5 aromatic rings. The Morgan fingerprint density at radius 1 is 1.00 bits per heavy atom. The SMILES string of the molecule is COc1ccc(CCN(C)C(=O)Cc2csc3nc(C)c(-c4cc(C)n(-c5ccc(C)cc5)n4)c(=O)n23)cc1OC. The zero-order valence-corrected chi connectivity index (χ0v) is 24.9. The maximum Gasteiger partial charge on any atom is 0.268 e. The number of thiazole rings is 1. The average molecular weight is 572 g/mol. The zero-order chi connectivity index (χ0) is 29.3. The van der Waals surface area contributed by atoms with E-state index in [0.717, 1.165) is 22.5 Å². The van der Waals surface area contributed by atoms with Gasteiger partial charge in [-0.25, -0.2) is 9.67 Å². The molecule has 10 heteroatoms. The van der Waals surface area contributed by atoms with Crippen LogP contribution in [0, 0.1) is 20.8 Å². The standard InChI is InChI=1S/C31H33N5O4S/c1-19-7-10-23(11-8-19)36-20(2)15-25(33-36)29-21(3)32-31-35(30(29)38)24(18-41-31)17-28(37)34(4)14-13-22-9-12-26(39-5)27(16-22)40-6/h7-12,15-16,18H,13-14,17H2,1-6H3. The van der Waals surface area contributed by atoms with Crippen molar-refractivity contribution in [1.29, 1.82) is 0 Å². The Hall–Kier alpha value is -4.44. The Bertz CT molecular complexity index is 1790. The lowest BCUT2D eigenvalue weighted by molar-refractivity contribution is -0.129. The van der Waals surface area contributed by atoms with E-state index in [4.69, 9.17) is 19.6 Å². The normalized spacial score (nSPS) is 11.2. The van der Waals surface area contributed by atoms with Crippen LogP contribution in [0.5, 0.6) is 11.5 Å². The molecule has 0 aliphatic heterocycles. The Labute approximate surface area is 242 Å². The Morgan fingerprint density at radius 2 is 1.73 bits per heavy atom. The lowest BCUT2D eigenvalue weighted by Crippen LogP contribution is -2.31. The van der Waals surface area contributed by atoms with Crippen molar-refractivity contribution in [3.63, 3.8) is 0 Å². The first kappa shape index (κ1) is 28.1. The highest BCUT2D eigenvalue weighted by molar-refractivity contribution is 7.15. The number of carbonyl (C=O) groups is 1. The highest BCUT2D eigenvalue weighted by Crippen LogP contribution is 2.28. The smallest absolute Gasteiger partial charge is 0.268 e. The number of benzene rings is 2. The molecule has 0 saturated carbocycles. The summed E-state index contributed by atoms with van der Waals surface area (Å²) in [5, 5.41) is 6.60. The molecular weight excluding hydrogens is 538 g/mol. The van der Waals surface area contributed by atoms with Gasteiger partial charge in [-0.05, 0) is 63.1 Å².